The fourth-order valence-corrected chi connectivity index (χ4v) is 4.13. The zero-order valence-corrected chi connectivity index (χ0v) is 20.9. The lowest BCUT2D eigenvalue weighted by molar-refractivity contribution is -0.427. The third-order valence-corrected chi connectivity index (χ3v) is 6.03. The number of rotatable bonds is 11. The smallest absolute Gasteiger partial charge is 0.356 e. The van der Waals surface area contributed by atoms with Crippen molar-refractivity contribution in [1.29, 1.82) is 0 Å². The van der Waals surface area contributed by atoms with Crippen LogP contribution >= 0.6 is 11.6 Å². The fourth-order valence-electron chi connectivity index (χ4n) is 3.94. The predicted molar refractivity (Wildman–Crippen MR) is 135 cm³/mol. The Balaban J connectivity index is 1.62. The van der Waals surface area contributed by atoms with Gasteiger partial charge in [-0.15, -0.1) is 0 Å². The van der Waals surface area contributed by atoms with E-state index in [0.717, 1.165) is 6.42 Å². The number of imide groups is 1. The zero-order valence-electron chi connectivity index (χ0n) is 20.1. The molecule has 8 nitrogen and oxygen atoms in total. The summed E-state index contributed by atoms with van der Waals surface area (Å²) >= 11 is 5.98. The number of carbonyl (C=O) groups is 4. The molecule has 1 aromatic carbocycles. The summed E-state index contributed by atoms with van der Waals surface area (Å²) in [5.41, 5.74) is 0.997. The Morgan fingerprint density at radius 3 is 2.69 bits per heavy atom. The molecule has 0 spiro atoms. The molecule has 9 heteroatoms. The first-order chi connectivity index (χ1) is 16.8. The Labute approximate surface area is 210 Å². The number of anilines is 1. The Morgan fingerprint density at radius 2 is 1.94 bits per heavy atom. The minimum Gasteiger partial charge on any atom is -0.356 e. The normalized spacial score (nSPS) is 17.1. The molecule has 2 N–H and O–H groups in total. The van der Waals surface area contributed by atoms with Crippen LogP contribution in [-0.2, 0) is 14.4 Å². The lowest BCUT2D eigenvalue weighted by Gasteiger charge is -2.26. The van der Waals surface area contributed by atoms with Crippen molar-refractivity contribution >= 4 is 46.8 Å². The van der Waals surface area contributed by atoms with Crippen LogP contribution in [0.1, 0.15) is 39.5 Å². The standard InChI is InChI=1S/C26H31ClN4O4/c1-18(2)13-14-28-23(32)12-5-6-15-30-25(34)21-10-3-4-11-22(21)31(26(30)35)17-24(33)29-20-9-7-8-19(27)16-20/h3-4,7-11,16,18,21H,5-6,12-15,17H2,1-2H3,(H-,28,29,32,33)/p+1. The van der Waals surface area contributed by atoms with Gasteiger partial charge in [-0.25, -0.2) is 4.79 Å². The highest BCUT2D eigenvalue weighted by atomic mass is 35.5. The number of halogens is 1. The Hall–Kier alpha value is -3.26. The highest BCUT2D eigenvalue weighted by Crippen LogP contribution is 2.21. The molecule has 0 fully saturated rings. The number of unbranched alkanes of at least 4 members (excludes halogenated alkanes) is 1. The van der Waals surface area contributed by atoms with Gasteiger partial charge in [0.1, 0.15) is 11.6 Å². The number of urea groups is 1. The largest absolute Gasteiger partial charge is 0.501 e. The van der Waals surface area contributed by atoms with Gasteiger partial charge in [-0.05, 0) is 49.5 Å². The second kappa shape index (κ2) is 12.4. The lowest BCUT2D eigenvalue weighted by atomic mass is 9.94. The van der Waals surface area contributed by atoms with Gasteiger partial charge in [-0.1, -0.05) is 49.7 Å². The van der Waals surface area contributed by atoms with Gasteiger partial charge in [0.25, 0.3) is 5.91 Å². The van der Waals surface area contributed by atoms with E-state index in [1.165, 1.54) is 9.48 Å². The first-order valence-corrected chi connectivity index (χ1v) is 12.3. The molecule has 1 aliphatic carbocycles. The van der Waals surface area contributed by atoms with E-state index < -0.39 is 17.9 Å². The molecule has 1 heterocycles. The van der Waals surface area contributed by atoms with Crippen LogP contribution in [0.3, 0.4) is 0 Å². The summed E-state index contributed by atoms with van der Waals surface area (Å²) in [6.45, 7) is 4.79. The number of nitrogens with zero attached hydrogens (tertiary/aromatic N) is 2. The topological polar surface area (TPSA) is 98.6 Å². The van der Waals surface area contributed by atoms with Gasteiger partial charge in [0.05, 0.1) is 6.54 Å². The summed E-state index contributed by atoms with van der Waals surface area (Å²) < 4.78 is 1.34. The third kappa shape index (κ3) is 7.36. The number of allylic oxidation sites excluding steroid dienone is 3. The molecule has 0 saturated heterocycles. The molecule has 1 aliphatic heterocycles. The van der Waals surface area contributed by atoms with Crippen LogP contribution in [0, 0.1) is 11.8 Å². The summed E-state index contributed by atoms with van der Waals surface area (Å²) in [6.07, 6.45) is 9.21. The van der Waals surface area contributed by atoms with Gasteiger partial charge < -0.3 is 10.6 Å². The third-order valence-electron chi connectivity index (χ3n) is 5.80. The zero-order chi connectivity index (χ0) is 25.4. The first-order valence-electron chi connectivity index (χ1n) is 11.9. The van der Waals surface area contributed by atoms with E-state index in [2.05, 4.69) is 24.5 Å². The Morgan fingerprint density at radius 1 is 1.14 bits per heavy atom. The van der Waals surface area contributed by atoms with Gasteiger partial charge in [-0.3, -0.25) is 9.59 Å². The van der Waals surface area contributed by atoms with Crippen molar-refractivity contribution in [2.75, 3.05) is 25.0 Å². The monoisotopic (exact) mass is 499 g/mol. The van der Waals surface area contributed by atoms with Crippen molar-refractivity contribution in [3.8, 4) is 0 Å². The molecular formula is C26H32ClN4O4+. The molecule has 0 aromatic heterocycles. The summed E-state index contributed by atoms with van der Waals surface area (Å²) in [7, 11) is 0. The summed E-state index contributed by atoms with van der Waals surface area (Å²) in [4.78, 5) is 52.2. The molecule has 0 radical (unpaired) electrons. The molecule has 3 rings (SSSR count). The quantitative estimate of drug-likeness (QED) is 0.357. The fraction of sp³-hybridized carbons (Fsp3) is 0.423. The maximum atomic E-state index is 13.2. The lowest BCUT2D eigenvalue weighted by Crippen LogP contribution is -2.55. The van der Waals surface area contributed by atoms with Crippen molar-refractivity contribution in [3.05, 3.63) is 53.6 Å². The average molecular weight is 500 g/mol. The molecule has 0 bridgehead atoms. The van der Waals surface area contributed by atoms with E-state index in [1.54, 1.807) is 48.6 Å². The van der Waals surface area contributed by atoms with E-state index in [-0.39, 0.29) is 24.9 Å². The molecule has 0 saturated carbocycles. The van der Waals surface area contributed by atoms with Crippen molar-refractivity contribution in [3.63, 3.8) is 0 Å². The number of hydrogen-bond acceptors (Lipinski definition) is 4. The van der Waals surface area contributed by atoms with E-state index in [1.807, 2.05) is 0 Å². The van der Waals surface area contributed by atoms with Crippen molar-refractivity contribution < 1.29 is 23.8 Å². The van der Waals surface area contributed by atoms with Gasteiger partial charge >= 0.3 is 11.9 Å². The number of carbonyl (C=O) groups excluding carboxylic acids is 4. The van der Waals surface area contributed by atoms with Gasteiger partial charge in [0.2, 0.25) is 5.91 Å². The van der Waals surface area contributed by atoms with E-state index in [4.69, 9.17) is 11.6 Å². The molecule has 186 valence electrons. The molecule has 35 heavy (non-hydrogen) atoms. The number of benzene rings is 1. The molecule has 2 aliphatic rings. The second-order valence-electron chi connectivity index (χ2n) is 9.05. The molecule has 5 amide bonds. The maximum Gasteiger partial charge on any atom is 0.501 e. The molecule has 1 atom stereocenters. The number of amides is 5. The van der Waals surface area contributed by atoms with Gasteiger partial charge in [0.15, 0.2) is 6.54 Å². The number of hydrogen-bond donors (Lipinski definition) is 2. The van der Waals surface area contributed by atoms with E-state index in [9.17, 15) is 19.2 Å². The Bertz CT molecular complexity index is 1080. The molecule has 1 aromatic rings. The first kappa shape index (κ1) is 26.3. The van der Waals surface area contributed by atoms with Gasteiger partial charge in [0, 0.05) is 23.7 Å². The van der Waals surface area contributed by atoms with Crippen LogP contribution < -0.4 is 10.6 Å². The predicted octanol–water partition coefficient (Wildman–Crippen LogP) is 3.77. The SMILES string of the molecule is CC(C)CCNC(=O)CCCCN1C(=O)C2C=CC=CC2=[N+](CC(=O)Nc2cccc(Cl)c2)C1=O. The van der Waals surface area contributed by atoms with Crippen LogP contribution in [0.25, 0.3) is 0 Å². The van der Waals surface area contributed by atoms with Crippen LogP contribution in [0.4, 0.5) is 10.5 Å². The van der Waals surface area contributed by atoms with Gasteiger partial charge in [-0.2, -0.15) is 14.3 Å². The van der Waals surface area contributed by atoms with Crippen molar-refractivity contribution in [2.45, 2.75) is 39.5 Å². The number of nitrogens with one attached hydrogen (secondary N) is 2. The minimum absolute atomic E-state index is 0.0303. The Kier molecular flexibility index (Phi) is 9.37. The number of fused-ring (bicyclic) bond motifs is 1. The molecular weight excluding hydrogens is 468 g/mol. The minimum atomic E-state index is -0.629. The highest BCUT2D eigenvalue weighted by Gasteiger charge is 2.46. The van der Waals surface area contributed by atoms with E-state index >= 15 is 0 Å². The van der Waals surface area contributed by atoms with Crippen LogP contribution in [-0.4, -0.2) is 58.6 Å². The van der Waals surface area contributed by atoms with Crippen LogP contribution in [0.2, 0.25) is 5.02 Å². The average Bonchev–Trinajstić information content (AvgIpc) is 2.81. The second-order valence-corrected chi connectivity index (χ2v) is 9.49. The van der Waals surface area contributed by atoms with Crippen LogP contribution in [0.5, 0.6) is 0 Å². The highest BCUT2D eigenvalue weighted by molar-refractivity contribution is 6.30. The summed E-state index contributed by atoms with van der Waals surface area (Å²) in [5.74, 6) is -0.860. The summed E-state index contributed by atoms with van der Waals surface area (Å²) in [6, 6.07) is 6.20. The molecule has 1 unspecified atom stereocenters. The maximum absolute atomic E-state index is 13.2. The van der Waals surface area contributed by atoms with E-state index in [0.29, 0.717) is 48.1 Å². The van der Waals surface area contributed by atoms with Crippen LogP contribution in [0.15, 0.2) is 48.6 Å². The van der Waals surface area contributed by atoms with Crippen molar-refractivity contribution in [2.24, 2.45) is 11.8 Å². The summed E-state index contributed by atoms with van der Waals surface area (Å²) in [5, 5.41) is 6.12. The van der Waals surface area contributed by atoms with Crippen molar-refractivity contribution in [1.82, 2.24) is 10.2 Å².